The molecule has 16 heavy (non-hydrogen) atoms. The Morgan fingerprint density at radius 2 is 2.00 bits per heavy atom. The Balaban J connectivity index is 2.39. The van der Waals surface area contributed by atoms with Crippen LogP contribution in [0.5, 0.6) is 0 Å². The van der Waals surface area contributed by atoms with Gasteiger partial charge in [0.25, 0.3) is 0 Å². The van der Waals surface area contributed by atoms with Crippen molar-refractivity contribution in [1.29, 1.82) is 0 Å². The van der Waals surface area contributed by atoms with Crippen LogP contribution in [0, 0.1) is 6.92 Å². The van der Waals surface area contributed by atoms with Crippen LogP contribution in [-0.2, 0) is 0 Å². The molecule has 3 heteroatoms. The molecular weight excluding hydrogens is 266 g/mol. The van der Waals surface area contributed by atoms with Gasteiger partial charge >= 0.3 is 0 Å². The van der Waals surface area contributed by atoms with Crippen LogP contribution < -0.4 is 5.73 Å². The summed E-state index contributed by atoms with van der Waals surface area (Å²) in [6, 6.07) is 9.97. The highest BCUT2D eigenvalue weighted by Gasteiger charge is 2.08. The monoisotopic (exact) mass is 279 g/mol. The van der Waals surface area contributed by atoms with E-state index in [1.54, 1.807) is 0 Å². The van der Waals surface area contributed by atoms with E-state index < -0.39 is 0 Å². The van der Waals surface area contributed by atoms with E-state index in [1.807, 2.05) is 31.2 Å². The normalized spacial score (nSPS) is 12.8. The highest BCUT2D eigenvalue weighted by atomic mass is 79.9. The van der Waals surface area contributed by atoms with E-state index in [1.165, 1.54) is 5.56 Å². The number of benzene rings is 1. The summed E-state index contributed by atoms with van der Waals surface area (Å²) in [7, 11) is 0. The molecule has 1 unspecified atom stereocenters. The lowest BCUT2D eigenvalue weighted by atomic mass is 10.1. The van der Waals surface area contributed by atoms with E-state index in [4.69, 9.17) is 10.2 Å². The van der Waals surface area contributed by atoms with Gasteiger partial charge < -0.3 is 10.2 Å². The second-order valence-corrected chi connectivity index (χ2v) is 4.81. The van der Waals surface area contributed by atoms with Crippen molar-refractivity contribution in [2.45, 2.75) is 19.9 Å². The second-order valence-electron chi connectivity index (χ2n) is 3.95. The molecule has 1 atom stereocenters. The van der Waals surface area contributed by atoms with Gasteiger partial charge in [-0.1, -0.05) is 22.0 Å². The third-order valence-corrected chi connectivity index (χ3v) is 3.41. The molecule has 0 amide bonds. The lowest BCUT2D eigenvalue weighted by Gasteiger charge is -2.02. The quantitative estimate of drug-likeness (QED) is 0.901. The van der Waals surface area contributed by atoms with Gasteiger partial charge in [-0.05, 0) is 43.7 Å². The van der Waals surface area contributed by atoms with Gasteiger partial charge in [0, 0.05) is 10.0 Å². The third kappa shape index (κ3) is 2.20. The minimum Gasteiger partial charge on any atom is -0.459 e. The molecule has 2 aromatic rings. The number of nitrogens with two attached hydrogens (primary N) is 1. The summed E-state index contributed by atoms with van der Waals surface area (Å²) < 4.78 is 6.79. The Hall–Kier alpha value is -1.06. The highest BCUT2D eigenvalue weighted by Crippen LogP contribution is 2.27. The summed E-state index contributed by atoms with van der Waals surface area (Å²) in [6.45, 7) is 3.97. The Labute approximate surface area is 104 Å². The Morgan fingerprint density at radius 3 is 2.56 bits per heavy atom. The smallest absolute Gasteiger partial charge is 0.134 e. The van der Waals surface area contributed by atoms with E-state index in [-0.39, 0.29) is 6.04 Å². The van der Waals surface area contributed by atoms with E-state index in [0.717, 1.165) is 21.6 Å². The van der Waals surface area contributed by atoms with Crippen molar-refractivity contribution < 1.29 is 4.42 Å². The number of furan rings is 1. The molecule has 0 spiro atoms. The molecule has 0 saturated heterocycles. The van der Waals surface area contributed by atoms with E-state index in [9.17, 15) is 0 Å². The number of rotatable bonds is 2. The average Bonchev–Trinajstić information content (AvgIpc) is 2.71. The molecule has 0 saturated carbocycles. The number of hydrogen-bond donors (Lipinski definition) is 1. The van der Waals surface area contributed by atoms with Crippen molar-refractivity contribution in [2.24, 2.45) is 5.73 Å². The zero-order valence-electron chi connectivity index (χ0n) is 9.33. The summed E-state index contributed by atoms with van der Waals surface area (Å²) in [6.07, 6.45) is 0. The number of hydrogen-bond acceptors (Lipinski definition) is 2. The summed E-state index contributed by atoms with van der Waals surface area (Å²) >= 11 is 3.48. The van der Waals surface area contributed by atoms with Gasteiger partial charge in [0.2, 0.25) is 0 Å². The van der Waals surface area contributed by atoms with Crippen LogP contribution in [0.25, 0.3) is 11.3 Å². The number of halogens is 1. The first-order valence-corrected chi connectivity index (χ1v) is 5.99. The first-order valence-electron chi connectivity index (χ1n) is 5.20. The van der Waals surface area contributed by atoms with Crippen LogP contribution in [0.4, 0.5) is 0 Å². The van der Waals surface area contributed by atoms with Crippen LogP contribution >= 0.6 is 15.9 Å². The van der Waals surface area contributed by atoms with Crippen molar-refractivity contribution in [3.63, 3.8) is 0 Å². The van der Waals surface area contributed by atoms with Crippen molar-refractivity contribution in [1.82, 2.24) is 0 Å². The van der Waals surface area contributed by atoms with E-state index in [2.05, 4.69) is 28.9 Å². The van der Waals surface area contributed by atoms with Crippen molar-refractivity contribution in [3.05, 3.63) is 46.1 Å². The lowest BCUT2D eigenvalue weighted by Crippen LogP contribution is -2.02. The molecule has 1 heterocycles. The minimum absolute atomic E-state index is 0.0645. The fraction of sp³-hybridized carbons (Fsp3) is 0.231. The largest absolute Gasteiger partial charge is 0.459 e. The summed E-state index contributed by atoms with van der Waals surface area (Å²) in [4.78, 5) is 0. The Kier molecular flexibility index (Phi) is 3.17. The van der Waals surface area contributed by atoms with Gasteiger partial charge in [0.15, 0.2) is 0 Å². The van der Waals surface area contributed by atoms with Crippen LogP contribution in [0.3, 0.4) is 0 Å². The van der Waals surface area contributed by atoms with Crippen LogP contribution in [-0.4, -0.2) is 0 Å². The predicted octanol–water partition coefficient (Wildman–Crippen LogP) is 4.04. The molecule has 2 N–H and O–H groups in total. The maximum atomic E-state index is 5.76. The number of aryl methyl sites for hydroxylation is 1. The average molecular weight is 280 g/mol. The van der Waals surface area contributed by atoms with Crippen molar-refractivity contribution >= 4 is 15.9 Å². The zero-order valence-corrected chi connectivity index (χ0v) is 10.9. The molecule has 0 radical (unpaired) electrons. The minimum atomic E-state index is -0.0645. The van der Waals surface area contributed by atoms with Gasteiger partial charge in [0.1, 0.15) is 11.5 Å². The van der Waals surface area contributed by atoms with Crippen molar-refractivity contribution in [2.75, 3.05) is 0 Å². The highest BCUT2D eigenvalue weighted by molar-refractivity contribution is 9.10. The van der Waals surface area contributed by atoms with Crippen LogP contribution in [0.2, 0.25) is 0 Å². The Bertz CT molecular complexity index is 502. The van der Waals surface area contributed by atoms with E-state index >= 15 is 0 Å². The fourth-order valence-electron chi connectivity index (χ4n) is 1.55. The predicted molar refractivity (Wildman–Crippen MR) is 69.2 cm³/mol. The van der Waals surface area contributed by atoms with Crippen LogP contribution in [0.1, 0.15) is 24.3 Å². The maximum Gasteiger partial charge on any atom is 0.134 e. The van der Waals surface area contributed by atoms with Gasteiger partial charge in [0.05, 0.1) is 6.04 Å². The topological polar surface area (TPSA) is 39.2 Å². The lowest BCUT2D eigenvalue weighted by molar-refractivity contribution is 0.491. The molecule has 0 bridgehead atoms. The first kappa shape index (κ1) is 11.4. The van der Waals surface area contributed by atoms with E-state index in [0.29, 0.717) is 0 Å². The summed E-state index contributed by atoms with van der Waals surface area (Å²) in [5.74, 6) is 1.68. The molecule has 0 fully saturated rings. The molecule has 1 aromatic carbocycles. The molecule has 0 aliphatic carbocycles. The van der Waals surface area contributed by atoms with Crippen LogP contribution in [0.15, 0.2) is 39.2 Å². The van der Waals surface area contributed by atoms with Gasteiger partial charge in [-0.25, -0.2) is 0 Å². The molecular formula is C13H14BrNO. The molecule has 1 aromatic heterocycles. The Morgan fingerprint density at radius 1 is 1.25 bits per heavy atom. The van der Waals surface area contributed by atoms with Gasteiger partial charge in [-0.15, -0.1) is 0 Å². The third-order valence-electron chi connectivity index (χ3n) is 2.52. The SMILES string of the molecule is Cc1cc(-c2ccc(C(C)N)o2)ccc1Br. The molecule has 0 aliphatic heterocycles. The first-order chi connectivity index (χ1) is 7.58. The second kappa shape index (κ2) is 4.44. The van der Waals surface area contributed by atoms with Gasteiger partial charge in [-0.2, -0.15) is 0 Å². The summed E-state index contributed by atoms with van der Waals surface area (Å²) in [5.41, 5.74) is 8.03. The molecule has 2 rings (SSSR count). The maximum absolute atomic E-state index is 5.76. The molecule has 2 nitrogen and oxygen atoms in total. The standard InChI is InChI=1S/C13H14BrNO/c1-8-7-10(3-4-11(8)14)13-6-5-12(16-13)9(2)15/h3-7,9H,15H2,1-2H3. The molecule has 84 valence electrons. The molecule has 0 aliphatic rings. The fourth-order valence-corrected chi connectivity index (χ4v) is 1.80. The summed E-state index contributed by atoms with van der Waals surface area (Å²) in [5, 5.41) is 0. The zero-order chi connectivity index (χ0) is 11.7. The van der Waals surface area contributed by atoms with Gasteiger partial charge in [-0.3, -0.25) is 0 Å². The van der Waals surface area contributed by atoms with Crippen molar-refractivity contribution in [3.8, 4) is 11.3 Å².